The van der Waals surface area contributed by atoms with Gasteiger partial charge in [-0.2, -0.15) is 0 Å². The standard InChI is InChI=1S/C23H30FN3O/c1-3-16(2)23(28)27-22-20(14-9-17-7-5-4-6-8-17)26-21(15-25-22)18-10-12-19(24)13-11-18/h10-13,15-17H,3-9,14H2,1-2H3,(H,25,27,28). The fourth-order valence-electron chi connectivity index (χ4n) is 3.71. The van der Waals surface area contributed by atoms with Gasteiger partial charge in [-0.05, 0) is 49.4 Å². The molecule has 3 rings (SSSR count). The zero-order chi connectivity index (χ0) is 19.9. The van der Waals surface area contributed by atoms with Crippen LogP contribution in [0.3, 0.4) is 0 Å². The Bertz CT molecular complexity index is 785. The molecule has 1 unspecified atom stereocenters. The number of rotatable bonds is 7. The summed E-state index contributed by atoms with van der Waals surface area (Å²) in [5.74, 6) is 0.928. The van der Waals surface area contributed by atoms with Crippen molar-refractivity contribution in [1.29, 1.82) is 0 Å². The van der Waals surface area contributed by atoms with E-state index in [9.17, 15) is 9.18 Å². The number of aryl methyl sites for hydroxylation is 1. The molecule has 1 aliphatic rings. The van der Waals surface area contributed by atoms with Crippen molar-refractivity contribution in [3.05, 3.63) is 42.0 Å². The molecule has 1 amide bonds. The number of halogens is 1. The molecule has 5 heteroatoms. The lowest BCUT2D eigenvalue weighted by Crippen LogP contribution is -2.22. The van der Waals surface area contributed by atoms with Gasteiger partial charge in [0.2, 0.25) is 5.91 Å². The van der Waals surface area contributed by atoms with Gasteiger partial charge in [0.25, 0.3) is 0 Å². The number of benzene rings is 1. The van der Waals surface area contributed by atoms with Gasteiger partial charge in [-0.25, -0.2) is 14.4 Å². The summed E-state index contributed by atoms with van der Waals surface area (Å²) in [5, 5.41) is 2.96. The van der Waals surface area contributed by atoms with Crippen molar-refractivity contribution >= 4 is 11.7 Å². The average Bonchev–Trinajstić information content (AvgIpc) is 2.73. The van der Waals surface area contributed by atoms with E-state index in [2.05, 4.69) is 10.3 Å². The Hall–Kier alpha value is -2.30. The number of aromatic nitrogens is 2. The second-order valence-corrected chi connectivity index (χ2v) is 7.90. The minimum atomic E-state index is -0.272. The summed E-state index contributed by atoms with van der Waals surface area (Å²) in [4.78, 5) is 21.7. The highest BCUT2D eigenvalue weighted by atomic mass is 19.1. The van der Waals surface area contributed by atoms with Crippen LogP contribution in [0.4, 0.5) is 10.2 Å². The Labute approximate surface area is 167 Å². The highest BCUT2D eigenvalue weighted by Gasteiger charge is 2.18. The lowest BCUT2D eigenvalue weighted by molar-refractivity contribution is -0.119. The fraction of sp³-hybridized carbons (Fsp3) is 0.522. The van der Waals surface area contributed by atoms with Crippen molar-refractivity contribution < 1.29 is 9.18 Å². The molecule has 0 bridgehead atoms. The molecule has 0 radical (unpaired) electrons. The van der Waals surface area contributed by atoms with E-state index in [1.165, 1.54) is 44.2 Å². The first-order chi connectivity index (χ1) is 13.6. The van der Waals surface area contributed by atoms with Crippen LogP contribution in [-0.4, -0.2) is 15.9 Å². The molecule has 28 heavy (non-hydrogen) atoms. The zero-order valence-electron chi connectivity index (χ0n) is 16.9. The third-order valence-electron chi connectivity index (χ3n) is 5.80. The summed E-state index contributed by atoms with van der Waals surface area (Å²) < 4.78 is 13.2. The predicted molar refractivity (Wildman–Crippen MR) is 110 cm³/mol. The third kappa shape index (κ3) is 5.37. The molecule has 1 heterocycles. The normalized spacial score (nSPS) is 16.0. The Morgan fingerprint density at radius 1 is 1.21 bits per heavy atom. The molecule has 4 nitrogen and oxygen atoms in total. The van der Waals surface area contributed by atoms with Crippen molar-refractivity contribution in [3.63, 3.8) is 0 Å². The number of hydrogen-bond donors (Lipinski definition) is 1. The predicted octanol–water partition coefficient (Wildman–Crippen LogP) is 5.78. The van der Waals surface area contributed by atoms with Crippen LogP contribution in [0.1, 0.15) is 64.5 Å². The summed E-state index contributed by atoms with van der Waals surface area (Å²) in [6, 6.07) is 6.28. The highest BCUT2D eigenvalue weighted by Crippen LogP contribution is 2.29. The molecule has 1 N–H and O–H groups in total. The number of nitrogens with zero attached hydrogens (tertiary/aromatic N) is 2. The number of carbonyl (C=O) groups is 1. The van der Waals surface area contributed by atoms with E-state index >= 15 is 0 Å². The zero-order valence-corrected chi connectivity index (χ0v) is 16.9. The Kier molecular flexibility index (Phi) is 7.12. The largest absolute Gasteiger partial charge is 0.309 e. The van der Waals surface area contributed by atoms with Crippen LogP contribution in [0.15, 0.2) is 30.5 Å². The molecule has 1 atom stereocenters. The summed E-state index contributed by atoms with van der Waals surface area (Å²) in [7, 11) is 0. The SMILES string of the molecule is CCC(C)C(=O)Nc1ncc(-c2ccc(F)cc2)nc1CCC1CCCCC1. The van der Waals surface area contributed by atoms with Crippen molar-refractivity contribution in [2.75, 3.05) is 5.32 Å². The molecule has 1 aromatic heterocycles. The van der Waals surface area contributed by atoms with Gasteiger partial charge in [0, 0.05) is 11.5 Å². The molecular weight excluding hydrogens is 353 g/mol. The van der Waals surface area contributed by atoms with Crippen LogP contribution in [-0.2, 0) is 11.2 Å². The summed E-state index contributed by atoms with van der Waals surface area (Å²) in [6.45, 7) is 3.91. The quantitative estimate of drug-likeness (QED) is 0.659. The Morgan fingerprint density at radius 2 is 1.93 bits per heavy atom. The van der Waals surface area contributed by atoms with E-state index in [1.807, 2.05) is 13.8 Å². The maximum Gasteiger partial charge on any atom is 0.228 e. The van der Waals surface area contributed by atoms with Crippen molar-refractivity contribution in [1.82, 2.24) is 9.97 Å². The molecule has 1 aromatic carbocycles. The topological polar surface area (TPSA) is 54.9 Å². The van der Waals surface area contributed by atoms with Crippen LogP contribution in [0.5, 0.6) is 0 Å². The van der Waals surface area contributed by atoms with Gasteiger partial charge < -0.3 is 5.32 Å². The molecule has 0 aliphatic heterocycles. The van der Waals surface area contributed by atoms with Gasteiger partial charge in [0.15, 0.2) is 5.82 Å². The molecule has 1 fully saturated rings. The third-order valence-corrected chi connectivity index (χ3v) is 5.80. The highest BCUT2D eigenvalue weighted by molar-refractivity contribution is 5.91. The smallest absolute Gasteiger partial charge is 0.228 e. The lowest BCUT2D eigenvalue weighted by atomic mass is 9.86. The minimum absolute atomic E-state index is 0.0229. The number of nitrogens with one attached hydrogen (secondary N) is 1. The van der Waals surface area contributed by atoms with E-state index in [0.29, 0.717) is 11.5 Å². The molecule has 0 saturated heterocycles. The van der Waals surface area contributed by atoms with Crippen LogP contribution in [0, 0.1) is 17.7 Å². The average molecular weight is 384 g/mol. The van der Waals surface area contributed by atoms with Gasteiger partial charge >= 0.3 is 0 Å². The Morgan fingerprint density at radius 3 is 2.61 bits per heavy atom. The first-order valence-corrected chi connectivity index (χ1v) is 10.5. The van der Waals surface area contributed by atoms with Gasteiger partial charge in [0.05, 0.1) is 17.6 Å². The number of carbonyl (C=O) groups excluding carboxylic acids is 1. The van der Waals surface area contributed by atoms with E-state index in [-0.39, 0.29) is 17.6 Å². The molecule has 1 saturated carbocycles. The number of amides is 1. The van der Waals surface area contributed by atoms with Gasteiger partial charge in [-0.1, -0.05) is 46.0 Å². The molecular formula is C23H30FN3O. The molecule has 150 valence electrons. The Balaban J connectivity index is 1.82. The van der Waals surface area contributed by atoms with Crippen LogP contribution >= 0.6 is 0 Å². The monoisotopic (exact) mass is 383 g/mol. The van der Waals surface area contributed by atoms with E-state index in [0.717, 1.165) is 36.4 Å². The number of hydrogen-bond acceptors (Lipinski definition) is 3. The number of anilines is 1. The molecule has 1 aliphatic carbocycles. The summed E-state index contributed by atoms with van der Waals surface area (Å²) in [6.07, 6.45) is 10.8. The summed E-state index contributed by atoms with van der Waals surface area (Å²) >= 11 is 0. The molecule has 0 spiro atoms. The van der Waals surface area contributed by atoms with Crippen LogP contribution in [0.25, 0.3) is 11.3 Å². The van der Waals surface area contributed by atoms with E-state index in [1.54, 1.807) is 18.3 Å². The van der Waals surface area contributed by atoms with Crippen molar-refractivity contribution in [3.8, 4) is 11.3 Å². The van der Waals surface area contributed by atoms with Crippen molar-refractivity contribution in [2.45, 2.75) is 65.2 Å². The van der Waals surface area contributed by atoms with E-state index < -0.39 is 0 Å². The maximum absolute atomic E-state index is 13.2. The second kappa shape index (κ2) is 9.76. The van der Waals surface area contributed by atoms with Gasteiger partial charge in [-0.15, -0.1) is 0 Å². The van der Waals surface area contributed by atoms with Crippen LogP contribution in [0.2, 0.25) is 0 Å². The van der Waals surface area contributed by atoms with Gasteiger partial charge in [0.1, 0.15) is 5.82 Å². The fourth-order valence-corrected chi connectivity index (χ4v) is 3.71. The van der Waals surface area contributed by atoms with Crippen LogP contribution < -0.4 is 5.32 Å². The first kappa shape index (κ1) is 20.4. The second-order valence-electron chi connectivity index (χ2n) is 7.90. The lowest BCUT2D eigenvalue weighted by Gasteiger charge is -2.21. The molecule has 2 aromatic rings. The van der Waals surface area contributed by atoms with Gasteiger partial charge in [-0.3, -0.25) is 4.79 Å². The first-order valence-electron chi connectivity index (χ1n) is 10.5. The maximum atomic E-state index is 13.2. The van der Waals surface area contributed by atoms with Crippen molar-refractivity contribution in [2.24, 2.45) is 11.8 Å². The summed E-state index contributed by atoms with van der Waals surface area (Å²) in [5.41, 5.74) is 2.36. The van der Waals surface area contributed by atoms with E-state index in [4.69, 9.17) is 4.98 Å². The minimum Gasteiger partial charge on any atom is -0.309 e.